The van der Waals surface area contributed by atoms with E-state index in [0.29, 0.717) is 0 Å². The Kier molecular flexibility index (Phi) is 2.89. The van der Waals surface area contributed by atoms with Gasteiger partial charge in [-0.3, -0.25) is 4.98 Å². The molecule has 0 aliphatic heterocycles. The highest BCUT2D eigenvalue weighted by atomic mass is 16.5. The Labute approximate surface area is 74.7 Å². The molecule has 1 atom stereocenters. The lowest BCUT2D eigenvalue weighted by Crippen LogP contribution is -2.15. The molecule has 5 heteroatoms. The van der Waals surface area contributed by atoms with E-state index in [9.17, 15) is 9.59 Å². The van der Waals surface area contributed by atoms with Crippen molar-refractivity contribution in [1.29, 1.82) is 0 Å². The fraction of sp³-hybridized carbons (Fsp3) is 0.500. The minimum Gasteiger partial charge on any atom is -0.458 e. The number of hydrogen-bond donors (Lipinski definition) is 1. The van der Waals surface area contributed by atoms with Crippen LogP contribution in [0.5, 0.6) is 0 Å². The number of nitrogens with one attached hydrogen (secondary N) is 1. The summed E-state index contributed by atoms with van der Waals surface area (Å²) in [6.45, 7) is 3.67. The number of esters is 1. The molecule has 0 radical (unpaired) electrons. The molecule has 0 saturated heterocycles. The van der Waals surface area contributed by atoms with Gasteiger partial charge in [0.15, 0.2) is 5.69 Å². The Morgan fingerprint density at radius 2 is 2.46 bits per heavy atom. The molecule has 1 heterocycles. The van der Waals surface area contributed by atoms with Crippen LogP contribution in [0.25, 0.3) is 0 Å². The lowest BCUT2D eigenvalue weighted by atomic mass is 10.3. The molecule has 0 aliphatic carbocycles. The third-order valence-corrected chi connectivity index (χ3v) is 1.62. The van der Waals surface area contributed by atoms with Crippen LogP contribution in [0.3, 0.4) is 0 Å². The van der Waals surface area contributed by atoms with Crippen LogP contribution in [0.4, 0.5) is 0 Å². The van der Waals surface area contributed by atoms with Crippen molar-refractivity contribution in [3.8, 4) is 0 Å². The molecule has 1 N–H and O–H groups in total. The first-order chi connectivity index (χ1) is 6.13. The maximum Gasteiger partial charge on any atom is 0.416 e. The quantitative estimate of drug-likeness (QED) is 0.711. The second-order valence-electron chi connectivity index (χ2n) is 2.69. The van der Waals surface area contributed by atoms with Crippen LogP contribution in [-0.4, -0.2) is 17.1 Å². The van der Waals surface area contributed by atoms with Crippen molar-refractivity contribution in [1.82, 2.24) is 4.98 Å². The largest absolute Gasteiger partial charge is 0.458 e. The van der Waals surface area contributed by atoms with E-state index in [0.717, 1.165) is 12.7 Å². The molecule has 5 nitrogen and oxygen atoms in total. The van der Waals surface area contributed by atoms with E-state index in [2.05, 4.69) is 9.40 Å². The fourth-order valence-electron chi connectivity index (χ4n) is 0.710. The highest BCUT2D eigenvalue weighted by molar-refractivity contribution is 5.86. The van der Waals surface area contributed by atoms with Gasteiger partial charge in [0.1, 0.15) is 6.26 Å². The van der Waals surface area contributed by atoms with E-state index in [-0.39, 0.29) is 11.8 Å². The van der Waals surface area contributed by atoms with Gasteiger partial charge < -0.3 is 9.15 Å². The first-order valence-electron chi connectivity index (χ1n) is 4.02. The summed E-state index contributed by atoms with van der Waals surface area (Å²) in [7, 11) is 0. The molecular formula is C8H11NO4. The van der Waals surface area contributed by atoms with Gasteiger partial charge in [0, 0.05) is 0 Å². The van der Waals surface area contributed by atoms with Gasteiger partial charge in [-0.05, 0) is 13.3 Å². The average molecular weight is 185 g/mol. The van der Waals surface area contributed by atoms with Crippen molar-refractivity contribution < 1.29 is 13.9 Å². The van der Waals surface area contributed by atoms with E-state index in [4.69, 9.17) is 4.74 Å². The van der Waals surface area contributed by atoms with Crippen molar-refractivity contribution in [3.63, 3.8) is 0 Å². The highest BCUT2D eigenvalue weighted by Gasteiger charge is 2.13. The molecule has 0 saturated carbocycles. The summed E-state index contributed by atoms with van der Waals surface area (Å²) in [5, 5.41) is 0. The molecule has 0 amide bonds. The highest BCUT2D eigenvalue weighted by Crippen LogP contribution is 2.01. The summed E-state index contributed by atoms with van der Waals surface area (Å²) < 4.78 is 9.32. The Morgan fingerprint density at radius 3 is 2.92 bits per heavy atom. The summed E-state index contributed by atoms with van der Waals surface area (Å²) in [6.07, 6.45) is 1.62. The zero-order valence-corrected chi connectivity index (χ0v) is 7.49. The third kappa shape index (κ3) is 2.47. The fourth-order valence-corrected chi connectivity index (χ4v) is 0.710. The molecule has 72 valence electrons. The molecule has 13 heavy (non-hydrogen) atoms. The van der Waals surface area contributed by atoms with E-state index in [1.165, 1.54) is 0 Å². The van der Waals surface area contributed by atoms with Gasteiger partial charge in [-0.15, -0.1) is 0 Å². The smallest absolute Gasteiger partial charge is 0.416 e. The lowest BCUT2D eigenvalue weighted by molar-refractivity contribution is 0.0327. The number of carbonyl (C=O) groups is 1. The summed E-state index contributed by atoms with van der Waals surface area (Å²) in [6, 6.07) is 0. The molecule has 0 bridgehead atoms. The zero-order valence-electron chi connectivity index (χ0n) is 7.49. The van der Waals surface area contributed by atoms with Crippen LogP contribution < -0.4 is 5.76 Å². The number of aromatic amines is 1. The van der Waals surface area contributed by atoms with Crippen LogP contribution >= 0.6 is 0 Å². The van der Waals surface area contributed by atoms with E-state index in [1.807, 2.05) is 6.92 Å². The minimum absolute atomic E-state index is 0.0466. The van der Waals surface area contributed by atoms with Crippen molar-refractivity contribution in [2.45, 2.75) is 26.4 Å². The number of H-pyrrole nitrogens is 1. The number of oxazole rings is 1. The van der Waals surface area contributed by atoms with Crippen molar-refractivity contribution >= 4 is 5.97 Å². The van der Waals surface area contributed by atoms with Gasteiger partial charge in [-0.1, -0.05) is 6.92 Å². The number of aromatic nitrogens is 1. The Balaban J connectivity index is 2.64. The summed E-state index contributed by atoms with van der Waals surface area (Å²) in [5.41, 5.74) is 0.0466. The molecule has 1 unspecified atom stereocenters. The standard InChI is InChI=1S/C8H11NO4/c1-3-5(2)13-7(10)6-4-12-8(11)9-6/h4-5H,3H2,1-2H3,(H,9,11). The number of rotatable bonds is 3. The maximum absolute atomic E-state index is 11.2. The van der Waals surface area contributed by atoms with E-state index >= 15 is 0 Å². The predicted octanol–water partition coefficient (Wildman–Crippen LogP) is 0.923. The van der Waals surface area contributed by atoms with Crippen LogP contribution in [0.2, 0.25) is 0 Å². The third-order valence-electron chi connectivity index (χ3n) is 1.62. The van der Waals surface area contributed by atoms with Gasteiger partial charge in [0.2, 0.25) is 0 Å². The van der Waals surface area contributed by atoms with Crippen molar-refractivity contribution in [2.24, 2.45) is 0 Å². The summed E-state index contributed by atoms with van der Waals surface area (Å²) >= 11 is 0. The summed E-state index contributed by atoms with van der Waals surface area (Å²) in [4.78, 5) is 23.9. The van der Waals surface area contributed by atoms with E-state index in [1.54, 1.807) is 6.92 Å². The predicted molar refractivity (Wildman–Crippen MR) is 44.5 cm³/mol. The Morgan fingerprint density at radius 1 is 1.77 bits per heavy atom. The average Bonchev–Trinajstić information content (AvgIpc) is 2.51. The first kappa shape index (κ1) is 9.57. The van der Waals surface area contributed by atoms with Gasteiger partial charge in [-0.2, -0.15) is 0 Å². The molecule has 0 aliphatic rings. The van der Waals surface area contributed by atoms with Crippen molar-refractivity contribution in [3.05, 3.63) is 22.5 Å². The van der Waals surface area contributed by atoms with Crippen LogP contribution in [0.15, 0.2) is 15.5 Å². The monoisotopic (exact) mass is 185 g/mol. The second kappa shape index (κ2) is 3.93. The molecule has 0 aromatic carbocycles. The molecule has 1 rings (SSSR count). The van der Waals surface area contributed by atoms with Crippen LogP contribution in [0, 0.1) is 0 Å². The Hall–Kier alpha value is -1.52. The number of hydrogen-bond acceptors (Lipinski definition) is 4. The lowest BCUT2D eigenvalue weighted by Gasteiger charge is -2.08. The first-order valence-corrected chi connectivity index (χ1v) is 4.02. The van der Waals surface area contributed by atoms with E-state index < -0.39 is 11.7 Å². The second-order valence-corrected chi connectivity index (χ2v) is 2.69. The maximum atomic E-state index is 11.2. The molecule has 1 aromatic rings. The molecule has 0 spiro atoms. The van der Waals surface area contributed by atoms with Crippen LogP contribution in [-0.2, 0) is 4.74 Å². The normalized spacial score (nSPS) is 12.5. The SMILES string of the molecule is CCC(C)OC(=O)c1coc(=O)[nH]1. The van der Waals surface area contributed by atoms with Gasteiger partial charge in [0.05, 0.1) is 6.10 Å². The van der Waals surface area contributed by atoms with Gasteiger partial charge in [0.25, 0.3) is 0 Å². The molecule has 0 fully saturated rings. The zero-order chi connectivity index (χ0) is 9.84. The summed E-state index contributed by atoms with van der Waals surface area (Å²) in [5.74, 6) is -1.23. The minimum atomic E-state index is -0.656. The number of ether oxygens (including phenoxy) is 1. The van der Waals surface area contributed by atoms with Crippen LogP contribution in [0.1, 0.15) is 30.8 Å². The molecular weight excluding hydrogens is 174 g/mol. The van der Waals surface area contributed by atoms with Gasteiger partial charge >= 0.3 is 11.7 Å². The topological polar surface area (TPSA) is 72.3 Å². The van der Waals surface area contributed by atoms with Crippen molar-refractivity contribution in [2.75, 3.05) is 0 Å². The number of carbonyl (C=O) groups excluding carboxylic acids is 1. The molecule has 1 aromatic heterocycles. The Bertz CT molecular complexity index is 338. The van der Waals surface area contributed by atoms with Gasteiger partial charge in [-0.25, -0.2) is 9.59 Å².